The van der Waals surface area contributed by atoms with Crippen molar-refractivity contribution in [3.63, 3.8) is 0 Å². The summed E-state index contributed by atoms with van der Waals surface area (Å²) in [6.45, 7) is 4.83. The molecule has 1 aromatic carbocycles. The third kappa shape index (κ3) is 4.24. The second kappa shape index (κ2) is 7.76. The smallest absolute Gasteiger partial charge is 0.241 e. The van der Waals surface area contributed by atoms with Gasteiger partial charge in [0.15, 0.2) is 0 Å². The zero-order chi connectivity index (χ0) is 17.8. The molecule has 1 aliphatic rings. The normalized spacial score (nSPS) is 16.5. The topological polar surface area (TPSA) is 61.4 Å². The van der Waals surface area contributed by atoms with E-state index in [0.29, 0.717) is 11.6 Å². The largest absolute Gasteiger partial charge is 0.338 e. The molecule has 0 radical (unpaired) electrons. The van der Waals surface area contributed by atoms with Gasteiger partial charge >= 0.3 is 0 Å². The molecule has 8 heteroatoms. The van der Waals surface area contributed by atoms with Crippen LogP contribution in [-0.2, 0) is 4.79 Å². The van der Waals surface area contributed by atoms with E-state index in [1.807, 2.05) is 6.92 Å². The van der Waals surface area contributed by atoms with E-state index in [1.165, 1.54) is 18.2 Å². The summed E-state index contributed by atoms with van der Waals surface area (Å²) in [6.07, 6.45) is 3.44. The minimum atomic E-state index is -0.507. The van der Waals surface area contributed by atoms with Gasteiger partial charge in [0.05, 0.1) is 11.1 Å². The van der Waals surface area contributed by atoms with Crippen molar-refractivity contribution in [2.24, 2.45) is 0 Å². The summed E-state index contributed by atoms with van der Waals surface area (Å²) in [4.78, 5) is 25.1. The lowest BCUT2D eigenvalue weighted by molar-refractivity contribution is -0.120. The van der Waals surface area contributed by atoms with Gasteiger partial charge in [-0.3, -0.25) is 9.69 Å². The van der Waals surface area contributed by atoms with E-state index in [2.05, 4.69) is 25.1 Å². The quantitative estimate of drug-likeness (QED) is 0.904. The molecule has 0 aliphatic carbocycles. The average Bonchev–Trinajstić information content (AvgIpc) is 2.65. The van der Waals surface area contributed by atoms with Gasteiger partial charge in [0, 0.05) is 44.3 Å². The molecule has 25 heavy (non-hydrogen) atoms. The molecule has 1 saturated heterocycles. The van der Waals surface area contributed by atoms with E-state index in [4.69, 9.17) is 11.6 Å². The fourth-order valence-corrected chi connectivity index (χ4v) is 2.93. The Hall–Kier alpha value is -2.25. The number of hydrogen-bond donors (Lipinski definition) is 1. The number of carbonyl (C=O) groups excluding carboxylic acids is 1. The summed E-state index contributed by atoms with van der Waals surface area (Å²) >= 11 is 5.75. The fourth-order valence-electron chi connectivity index (χ4n) is 2.75. The molecule has 1 amide bonds. The highest BCUT2D eigenvalue weighted by atomic mass is 35.5. The Kier molecular flexibility index (Phi) is 5.45. The first-order valence-corrected chi connectivity index (χ1v) is 8.44. The molecule has 1 fully saturated rings. The molecule has 2 heterocycles. The van der Waals surface area contributed by atoms with Crippen LogP contribution in [0.1, 0.15) is 6.92 Å². The summed E-state index contributed by atoms with van der Waals surface area (Å²) in [5, 5.41) is 2.77. The van der Waals surface area contributed by atoms with E-state index in [-0.39, 0.29) is 17.0 Å². The lowest BCUT2D eigenvalue weighted by Gasteiger charge is -2.37. The molecule has 3 rings (SSSR count). The fraction of sp³-hybridized carbons (Fsp3) is 0.353. The number of benzene rings is 1. The zero-order valence-corrected chi connectivity index (χ0v) is 14.6. The van der Waals surface area contributed by atoms with Gasteiger partial charge in [-0.1, -0.05) is 11.6 Å². The standard InChI is InChI=1S/C17H19ClFN5O/c1-12(16(25)22-13-3-4-15(19)14(18)11-13)23-7-9-24(10-8-23)17-20-5-2-6-21-17/h2-6,11-12H,7-10H2,1H3,(H,22,25)/t12-/m1/s1. The number of nitrogens with zero attached hydrogens (tertiary/aromatic N) is 4. The minimum absolute atomic E-state index is 0.0121. The summed E-state index contributed by atoms with van der Waals surface area (Å²) < 4.78 is 13.2. The van der Waals surface area contributed by atoms with Crippen LogP contribution in [0.15, 0.2) is 36.7 Å². The highest BCUT2D eigenvalue weighted by Gasteiger charge is 2.26. The van der Waals surface area contributed by atoms with Crippen LogP contribution in [0, 0.1) is 5.82 Å². The molecule has 1 N–H and O–H groups in total. The molecular weight excluding hydrogens is 345 g/mol. The maximum Gasteiger partial charge on any atom is 0.241 e. The van der Waals surface area contributed by atoms with Crippen LogP contribution in [-0.4, -0.2) is 53.0 Å². The number of anilines is 2. The first kappa shape index (κ1) is 17.6. The summed E-state index contributed by atoms with van der Waals surface area (Å²) in [6, 6.07) is 5.63. The minimum Gasteiger partial charge on any atom is -0.338 e. The highest BCUT2D eigenvalue weighted by Crippen LogP contribution is 2.20. The van der Waals surface area contributed by atoms with Crippen molar-refractivity contribution < 1.29 is 9.18 Å². The Morgan fingerprint density at radius 3 is 2.56 bits per heavy atom. The lowest BCUT2D eigenvalue weighted by Crippen LogP contribution is -2.53. The average molecular weight is 364 g/mol. The number of rotatable bonds is 4. The van der Waals surface area contributed by atoms with E-state index in [9.17, 15) is 9.18 Å². The molecular formula is C17H19ClFN5O. The molecule has 2 aromatic rings. The van der Waals surface area contributed by atoms with Crippen molar-refractivity contribution in [2.45, 2.75) is 13.0 Å². The Balaban J connectivity index is 1.55. The van der Waals surface area contributed by atoms with E-state index in [0.717, 1.165) is 26.2 Å². The molecule has 0 saturated carbocycles. The Morgan fingerprint density at radius 1 is 1.24 bits per heavy atom. The van der Waals surface area contributed by atoms with E-state index < -0.39 is 5.82 Å². The Morgan fingerprint density at radius 2 is 1.92 bits per heavy atom. The van der Waals surface area contributed by atoms with Gasteiger partial charge in [-0.2, -0.15) is 0 Å². The molecule has 0 spiro atoms. The molecule has 132 valence electrons. The number of amides is 1. The van der Waals surface area contributed by atoms with Crippen molar-refractivity contribution in [1.82, 2.24) is 14.9 Å². The van der Waals surface area contributed by atoms with Crippen molar-refractivity contribution in [2.75, 3.05) is 36.4 Å². The Bertz CT molecular complexity index is 737. The number of piperazine rings is 1. The monoisotopic (exact) mass is 363 g/mol. The first-order valence-electron chi connectivity index (χ1n) is 8.06. The SMILES string of the molecule is C[C@H](C(=O)Nc1ccc(F)c(Cl)c1)N1CCN(c2ncccn2)CC1. The van der Waals surface area contributed by atoms with Crippen LogP contribution in [0.5, 0.6) is 0 Å². The van der Waals surface area contributed by atoms with Crippen LogP contribution in [0.2, 0.25) is 5.02 Å². The van der Waals surface area contributed by atoms with Crippen LogP contribution in [0.3, 0.4) is 0 Å². The van der Waals surface area contributed by atoms with Crippen LogP contribution < -0.4 is 10.2 Å². The summed E-state index contributed by atoms with van der Waals surface area (Å²) in [5.74, 6) is 0.0549. The van der Waals surface area contributed by atoms with Crippen LogP contribution >= 0.6 is 11.6 Å². The van der Waals surface area contributed by atoms with E-state index >= 15 is 0 Å². The van der Waals surface area contributed by atoms with E-state index in [1.54, 1.807) is 18.5 Å². The molecule has 6 nitrogen and oxygen atoms in total. The van der Waals surface area contributed by atoms with Crippen molar-refractivity contribution in [3.8, 4) is 0 Å². The molecule has 1 aromatic heterocycles. The molecule has 0 bridgehead atoms. The third-order valence-electron chi connectivity index (χ3n) is 4.26. The number of halogens is 2. The number of hydrogen-bond acceptors (Lipinski definition) is 5. The van der Waals surface area contributed by atoms with Crippen LogP contribution in [0.25, 0.3) is 0 Å². The third-order valence-corrected chi connectivity index (χ3v) is 4.55. The van der Waals surface area contributed by atoms with Gasteiger partial charge in [-0.25, -0.2) is 14.4 Å². The van der Waals surface area contributed by atoms with Crippen molar-refractivity contribution in [3.05, 3.63) is 47.5 Å². The zero-order valence-electron chi connectivity index (χ0n) is 13.8. The maximum atomic E-state index is 13.2. The van der Waals surface area contributed by atoms with Gasteiger partial charge in [-0.15, -0.1) is 0 Å². The predicted octanol–water partition coefficient (Wildman–Crippen LogP) is 2.42. The van der Waals surface area contributed by atoms with Gasteiger partial charge in [0.25, 0.3) is 0 Å². The van der Waals surface area contributed by atoms with Crippen molar-refractivity contribution >= 4 is 29.1 Å². The van der Waals surface area contributed by atoms with Gasteiger partial charge < -0.3 is 10.2 Å². The van der Waals surface area contributed by atoms with Gasteiger partial charge in [-0.05, 0) is 31.2 Å². The molecule has 0 unspecified atom stereocenters. The summed E-state index contributed by atoms with van der Waals surface area (Å²) in [5.41, 5.74) is 0.486. The number of aromatic nitrogens is 2. The van der Waals surface area contributed by atoms with Crippen molar-refractivity contribution in [1.29, 1.82) is 0 Å². The second-order valence-corrected chi connectivity index (χ2v) is 6.27. The Labute approximate surface area is 150 Å². The van der Waals surface area contributed by atoms with Crippen LogP contribution in [0.4, 0.5) is 16.0 Å². The summed E-state index contributed by atoms with van der Waals surface area (Å²) in [7, 11) is 0. The predicted molar refractivity (Wildman–Crippen MR) is 95.3 cm³/mol. The molecule has 1 aliphatic heterocycles. The van der Waals surface area contributed by atoms with Gasteiger partial charge in [0.2, 0.25) is 11.9 Å². The second-order valence-electron chi connectivity index (χ2n) is 5.87. The maximum absolute atomic E-state index is 13.2. The number of nitrogens with one attached hydrogen (secondary N) is 1. The highest BCUT2D eigenvalue weighted by molar-refractivity contribution is 6.31. The lowest BCUT2D eigenvalue weighted by atomic mass is 10.2. The first-order chi connectivity index (χ1) is 12.0. The molecule has 1 atom stereocenters. The number of carbonyl (C=O) groups is 1. The van der Waals surface area contributed by atoms with Gasteiger partial charge in [0.1, 0.15) is 5.82 Å².